The molecule has 0 aromatic carbocycles. The van der Waals surface area contributed by atoms with Crippen LogP contribution in [0.1, 0.15) is 27.7 Å². The molecule has 2 fully saturated rings. The summed E-state index contributed by atoms with van der Waals surface area (Å²) in [6, 6.07) is 0. The van der Waals surface area contributed by atoms with Gasteiger partial charge >= 0.3 is 10.4 Å². The summed E-state index contributed by atoms with van der Waals surface area (Å²) in [5.74, 6) is -0.744. The van der Waals surface area contributed by atoms with Gasteiger partial charge in [-0.1, -0.05) is 0 Å². The first kappa shape index (κ1) is 12.3. The van der Waals surface area contributed by atoms with Gasteiger partial charge in [0.1, 0.15) is 24.4 Å². The highest BCUT2D eigenvalue weighted by molar-refractivity contribution is 7.81. The van der Waals surface area contributed by atoms with Crippen LogP contribution in [0.15, 0.2) is 0 Å². The minimum atomic E-state index is -3.96. The van der Waals surface area contributed by atoms with Crippen LogP contribution in [-0.4, -0.2) is 38.6 Å². The molecule has 0 radical (unpaired) electrons. The standard InChI is InChI=1S/C9H16O6S/c1-5-7-8(13-9(3,4)12-7)6(2)15-16(10,11)14-5/h5-8H,1-4H3/t5-,6-,7?,8?/m1/s1. The summed E-state index contributed by atoms with van der Waals surface area (Å²) >= 11 is 0. The molecule has 0 aromatic rings. The Labute approximate surface area is 95.1 Å². The molecule has 2 aliphatic heterocycles. The van der Waals surface area contributed by atoms with Crippen LogP contribution in [0.4, 0.5) is 0 Å². The van der Waals surface area contributed by atoms with Gasteiger partial charge < -0.3 is 9.47 Å². The van der Waals surface area contributed by atoms with Gasteiger partial charge in [0, 0.05) is 0 Å². The monoisotopic (exact) mass is 252 g/mol. The van der Waals surface area contributed by atoms with E-state index in [2.05, 4.69) is 0 Å². The topological polar surface area (TPSA) is 71.1 Å². The van der Waals surface area contributed by atoms with Gasteiger partial charge in [0.05, 0.1) is 0 Å². The number of hydrogen-bond acceptors (Lipinski definition) is 6. The molecular weight excluding hydrogens is 236 g/mol. The molecule has 6 nitrogen and oxygen atoms in total. The molecule has 0 aromatic heterocycles. The van der Waals surface area contributed by atoms with E-state index in [0.29, 0.717) is 0 Å². The summed E-state index contributed by atoms with van der Waals surface area (Å²) in [6.45, 7) is 6.80. The van der Waals surface area contributed by atoms with E-state index in [4.69, 9.17) is 17.8 Å². The highest BCUT2D eigenvalue weighted by atomic mass is 32.3. The number of rotatable bonds is 0. The van der Waals surface area contributed by atoms with Crippen LogP contribution in [0.5, 0.6) is 0 Å². The van der Waals surface area contributed by atoms with Crippen LogP contribution in [0.2, 0.25) is 0 Å². The van der Waals surface area contributed by atoms with Crippen molar-refractivity contribution in [2.24, 2.45) is 0 Å². The molecule has 0 bridgehead atoms. The fraction of sp³-hybridized carbons (Fsp3) is 1.00. The maximum atomic E-state index is 11.3. The number of fused-ring (bicyclic) bond motifs is 1. The predicted molar refractivity (Wildman–Crippen MR) is 53.8 cm³/mol. The quantitative estimate of drug-likeness (QED) is 0.628. The maximum Gasteiger partial charge on any atom is 0.400 e. The van der Waals surface area contributed by atoms with Crippen molar-refractivity contribution >= 4 is 10.4 Å². The zero-order valence-corrected chi connectivity index (χ0v) is 10.5. The van der Waals surface area contributed by atoms with E-state index in [1.54, 1.807) is 27.7 Å². The molecule has 2 heterocycles. The van der Waals surface area contributed by atoms with E-state index in [1.165, 1.54) is 0 Å². The molecule has 2 saturated heterocycles. The lowest BCUT2D eigenvalue weighted by molar-refractivity contribution is -0.160. The molecule has 0 aliphatic carbocycles. The second kappa shape index (κ2) is 3.64. The first-order valence-electron chi connectivity index (χ1n) is 5.17. The second-order valence-electron chi connectivity index (χ2n) is 4.58. The van der Waals surface area contributed by atoms with E-state index in [-0.39, 0.29) is 0 Å². The molecule has 2 rings (SSSR count). The van der Waals surface area contributed by atoms with Crippen molar-refractivity contribution in [3.05, 3.63) is 0 Å². The van der Waals surface area contributed by atoms with Crippen LogP contribution >= 0.6 is 0 Å². The minimum Gasteiger partial charge on any atom is -0.342 e. The molecular formula is C9H16O6S. The first-order chi connectivity index (χ1) is 7.20. The normalized spacial score (nSPS) is 46.0. The van der Waals surface area contributed by atoms with Crippen LogP contribution in [0, 0.1) is 0 Å². The zero-order chi connectivity index (χ0) is 12.1. The molecule has 16 heavy (non-hydrogen) atoms. The Morgan fingerprint density at radius 3 is 1.69 bits per heavy atom. The summed E-state index contributed by atoms with van der Waals surface area (Å²) in [5.41, 5.74) is 0. The molecule has 2 aliphatic rings. The van der Waals surface area contributed by atoms with Crippen molar-refractivity contribution in [1.29, 1.82) is 0 Å². The van der Waals surface area contributed by atoms with Gasteiger partial charge in [0.25, 0.3) is 0 Å². The SMILES string of the molecule is C[C@H]1OS(=O)(=O)O[C@H](C)C2OC(C)(C)OC21. The van der Waals surface area contributed by atoms with Crippen molar-refractivity contribution in [2.75, 3.05) is 0 Å². The molecule has 7 heteroatoms. The summed E-state index contributed by atoms with van der Waals surface area (Å²) in [5, 5.41) is 0. The fourth-order valence-electron chi connectivity index (χ4n) is 2.05. The first-order valence-corrected chi connectivity index (χ1v) is 6.51. The van der Waals surface area contributed by atoms with Crippen molar-refractivity contribution in [3.63, 3.8) is 0 Å². The van der Waals surface area contributed by atoms with Crippen LogP contribution in [-0.2, 0) is 28.2 Å². The van der Waals surface area contributed by atoms with E-state index in [9.17, 15) is 8.42 Å². The van der Waals surface area contributed by atoms with Gasteiger partial charge in [0.2, 0.25) is 0 Å². The van der Waals surface area contributed by atoms with Crippen LogP contribution in [0.3, 0.4) is 0 Å². The lowest BCUT2D eigenvalue weighted by atomic mass is 10.1. The molecule has 4 atom stereocenters. The van der Waals surface area contributed by atoms with Crippen molar-refractivity contribution in [2.45, 2.75) is 57.9 Å². The lowest BCUT2D eigenvalue weighted by Gasteiger charge is -2.20. The van der Waals surface area contributed by atoms with Gasteiger partial charge in [-0.2, -0.15) is 8.42 Å². The van der Waals surface area contributed by atoms with E-state index < -0.39 is 40.6 Å². The highest BCUT2D eigenvalue weighted by Crippen LogP contribution is 2.36. The predicted octanol–water partition coefficient (Wildman–Crippen LogP) is 0.575. The Morgan fingerprint density at radius 2 is 1.31 bits per heavy atom. The minimum absolute atomic E-state index is 0.442. The Balaban J connectivity index is 2.28. The molecule has 0 spiro atoms. The summed E-state index contributed by atoms with van der Waals surface area (Å²) in [7, 11) is -3.96. The van der Waals surface area contributed by atoms with Crippen LogP contribution < -0.4 is 0 Å². The molecule has 0 saturated carbocycles. The Kier molecular flexibility index (Phi) is 2.79. The van der Waals surface area contributed by atoms with Crippen LogP contribution in [0.25, 0.3) is 0 Å². The summed E-state index contributed by atoms with van der Waals surface area (Å²) in [4.78, 5) is 0. The van der Waals surface area contributed by atoms with Gasteiger partial charge in [-0.15, -0.1) is 0 Å². The van der Waals surface area contributed by atoms with Crippen molar-refractivity contribution < 1.29 is 26.3 Å². The van der Waals surface area contributed by atoms with Gasteiger partial charge in [0.15, 0.2) is 5.79 Å². The van der Waals surface area contributed by atoms with E-state index >= 15 is 0 Å². The number of ether oxygens (including phenoxy) is 2. The average molecular weight is 252 g/mol. The summed E-state index contributed by atoms with van der Waals surface area (Å²) < 4.78 is 43.5. The van der Waals surface area contributed by atoms with E-state index in [1.807, 2.05) is 0 Å². The zero-order valence-electron chi connectivity index (χ0n) is 9.67. The summed E-state index contributed by atoms with van der Waals surface area (Å²) in [6.07, 6.45) is -2.13. The van der Waals surface area contributed by atoms with Gasteiger partial charge in [-0.05, 0) is 27.7 Å². The van der Waals surface area contributed by atoms with Crippen molar-refractivity contribution in [1.82, 2.24) is 0 Å². The number of hydrogen-bond donors (Lipinski definition) is 0. The third kappa shape index (κ3) is 2.23. The largest absolute Gasteiger partial charge is 0.400 e. The molecule has 0 amide bonds. The van der Waals surface area contributed by atoms with Gasteiger partial charge in [-0.3, -0.25) is 0 Å². The molecule has 0 N–H and O–H groups in total. The third-order valence-electron chi connectivity index (χ3n) is 2.63. The highest BCUT2D eigenvalue weighted by Gasteiger charge is 2.51. The smallest absolute Gasteiger partial charge is 0.342 e. The Bertz CT molecular complexity index is 347. The second-order valence-corrected chi connectivity index (χ2v) is 5.78. The third-order valence-corrected chi connectivity index (χ3v) is 3.71. The lowest BCUT2D eigenvalue weighted by Crippen LogP contribution is -2.38. The van der Waals surface area contributed by atoms with E-state index in [0.717, 1.165) is 0 Å². The maximum absolute atomic E-state index is 11.3. The molecule has 94 valence electrons. The fourth-order valence-corrected chi connectivity index (χ4v) is 3.06. The average Bonchev–Trinajstić information content (AvgIpc) is 2.36. The Morgan fingerprint density at radius 1 is 0.938 bits per heavy atom. The Hall–Kier alpha value is -0.210. The van der Waals surface area contributed by atoms with Gasteiger partial charge in [-0.25, -0.2) is 8.37 Å². The molecule has 2 unspecified atom stereocenters. The van der Waals surface area contributed by atoms with Crippen molar-refractivity contribution in [3.8, 4) is 0 Å².